The number of halogens is 1. The van der Waals surface area contributed by atoms with Gasteiger partial charge in [0.2, 0.25) is 10.0 Å². The highest BCUT2D eigenvalue weighted by atomic mass is 32.2. The van der Waals surface area contributed by atoms with Gasteiger partial charge in [0.05, 0.1) is 17.0 Å². The van der Waals surface area contributed by atoms with Crippen molar-refractivity contribution in [2.75, 3.05) is 5.32 Å². The van der Waals surface area contributed by atoms with Gasteiger partial charge in [-0.05, 0) is 36.1 Å². The molecule has 4 aromatic rings. The molecule has 2 aromatic heterocycles. The number of para-hydroxylation sites is 1. The molecule has 30 heavy (non-hydrogen) atoms. The van der Waals surface area contributed by atoms with Crippen LogP contribution in [-0.4, -0.2) is 18.4 Å². The van der Waals surface area contributed by atoms with E-state index in [1.165, 1.54) is 17.4 Å². The average molecular weight is 443 g/mol. The minimum atomic E-state index is -3.64. The first-order valence-corrected chi connectivity index (χ1v) is 11.6. The number of anilines is 1. The summed E-state index contributed by atoms with van der Waals surface area (Å²) in [5, 5.41) is 7.23. The van der Waals surface area contributed by atoms with Crippen LogP contribution in [-0.2, 0) is 23.1 Å². The van der Waals surface area contributed by atoms with Crippen molar-refractivity contribution in [3.8, 4) is 0 Å². The maximum absolute atomic E-state index is 14.0. The number of nitrogens with zero attached hydrogens (tertiary/aromatic N) is 2. The van der Waals surface area contributed by atoms with E-state index in [0.29, 0.717) is 22.7 Å². The summed E-state index contributed by atoms with van der Waals surface area (Å²) >= 11 is 1.31. The first-order chi connectivity index (χ1) is 14.4. The van der Waals surface area contributed by atoms with Crippen LogP contribution >= 0.6 is 11.3 Å². The second-order valence-electron chi connectivity index (χ2n) is 6.69. The Kier molecular flexibility index (Phi) is 5.76. The van der Waals surface area contributed by atoms with Gasteiger partial charge in [0.1, 0.15) is 17.5 Å². The van der Waals surface area contributed by atoms with Crippen LogP contribution in [0.2, 0.25) is 0 Å². The van der Waals surface area contributed by atoms with Crippen molar-refractivity contribution < 1.29 is 12.8 Å². The zero-order valence-electron chi connectivity index (χ0n) is 16.1. The van der Waals surface area contributed by atoms with Gasteiger partial charge in [-0.3, -0.25) is 0 Å². The molecule has 0 aliphatic carbocycles. The molecule has 0 aliphatic rings. The van der Waals surface area contributed by atoms with Gasteiger partial charge in [-0.1, -0.05) is 30.3 Å². The lowest BCUT2D eigenvalue weighted by atomic mass is 10.1. The van der Waals surface area contributed by atoms with Gasteiger partial charge in [-0.15, -0.1) is 0 Å². The fourth-order valence-corrected chi connectivity index (χ4v) is 5.03. The van der Waals surface area contributed by atoms with E-state index in [4.69, 9.17) is 0 Å². The van der Waals surface area contributed by atoms with Gasteiger partial charge in [0.15, 0.2) is 0 Å². The van der Waals surface area contributed by atoms with E-state index in [1.807, 2.05) is 25.1 Å². The van der Waals surface area contributed by atoms with E-state index < -0.39 is 10.0 Å². The van der Waals surface area contributed by atoms with Crippen molar-refractivity contribution in [3.05, 3.63) is 82.1 Å². The number of sulfonamides is 1. The van der Waals surface area contributed by atoms with Crippen LogP contribution in [0.25, 0.3) is 10.9 Å². The van der Waals surface area contributed by atoms with Gasteiger partial charge in [-0.25, -0.2) is 27.5 Å². The Morgan fingerprint density at radius 2 is 1.87 bits per heavy atom. The Balaban J connectivity index is 1.64. The number of rotatable bonds is 7. The van der Waals surface area contributed by atoms with Crippen molar-refractivity contribution in [2.45, 2.75) is 24.9 Å². The van der Waals surface area contributed by atoms with Crippen molar-refractivity contribution in [3.63, 3.8) is 0 Å². The molecule has 0 unspecified atom stereocenters. The highest BCUT2D eigenvalue weighted by molar-refractivity contribution is 7.89. The Morgan fingerprint density at radius 1 is 1.03 bits per heavy atom. The molecule has 0 saturated carbocycles. The van der Waals surface area contributed by atoms with E-state index in [1.54, 1.807) is 35.0 Å². The summed E-state index contributed by atoms with van der Waals surface area (Å²) < 4.78 is 41.4. The summed E-state index contributed by atoms with van der Waals surface area (Å²) in [6.45, 7) is 2.11. The molecule has 0 amide bonds. The Hall–Kier alpha value is -2.88. The summed E-state index contributed by atoms with van der Waals surface area (Å²) in [5.41, 5.74) is 2.16. The highest BCUT2D eigenvalue weighted by Crippen LogP contribution is 2.24. The van der Waals surface area contributed by atoms with Gasteiger partial charge in [-0.2, -0.15) is 11.3 Å². The molecule has 9 heteroatoms. The molecule has 0 bridgehead atoms. The molecule has 2 N–H and O–H groups in total. The van der Waals surface area contributed by atoms with Crippen molar-refractivity contribution in [2.24, 2.45) is 0 Å². The summed E-state index contributed by atoms with van der Waals surface area (Å²) in [7, 11) is -3.64. The molecule has 2 aromatic carbocycles. The summed E-state index contributed by atoms with van der Waals surface area (Å²) in [6, 6.07) is 13.8. The van der Waals surface area contributed by atoms with Crippen molar-refractivity contribution >= 4 is 38.1 Å². The quantitative estimate of drug-likeness (QED) is 0.448. The van der Waals surface area contributed by atoms with E-state index in [0.717, 1.165) is 10.9 Å². The molecule has 6 nitrogen and oxygen atoms in total. The van der Waals surface area contributed by atoms with E-state index in [2.05, 4.69) is 20.0 Å². The molecule has 0 spiro atoms. The number of hydrogen-bond donors (Lipinski definition) is 2. The SMILES string of the molecule is Cc1cccc2c(NCc3ccccc3F)nc(CNS(=O)(=O)c3ccsc3)nc12. The normalized spacial score (nSPS) is 11.7. The van der Waals surface area contributed by atoms with Crippen LogP contribution in [0.1, 0.15) is 17.0 Å². The first kappa shape index (κ1) is 20.4. The summed E-state index contributed by atoms with van der Waals surface area (Å²) in [6.07, 6.45) is 0. The number of benzene rings is 2. The lowest BCUT2D eigenvalue weighted by Gasteiger charge is -2.13. The summed E-state index contributed by atoms with van der Waals surface area (Å²) in [4.78, 5) is 9.26. The predicted molar refractivity (Wildman–Crippen MR) is 116 cm³/mol. The minimum Gasteiger partial charge on any atom is -0.365 e. The van der Waals surface area contributed by atoms with Gasteiger partial charge >= 0.3 is 0 Å². The number of aromatic nitrogens is 2. The summed E-state index contributed by atoms with van der Waals surface area (Å²) in [5.74, 6) is 0.548. The zero-order valence-corrected chi connectivity index (χ0v) is 17.7. The fraction of sp³-hybridized carbons (Fsp3) is 0.143. The van der Waals surface area contributed by atoms with Gasteiger partial charge in [0, 0.05) is 22.9 Å². The fourth-order valence-electron chi connectivity index (χ4n) is 3.02. The average Bonchev–Trinajstić information content (AvgIpc) is 3.28. The maximum Gasteiger partial charge on any atom is 0.241 e. The van der Waals surface area contributed by atoms with E-state index in [9.17, 15) is 12.8 Å². The number of thiophene rings is 1. The second kappa shape index (κ2) is 8.47. The smallest absolute Gasteiger partial charge is 0.241 e. The third kappa shape index (κ3) is 4.33. The monoisotopic (exact) mass is 442 g/mol. The van der Waals surface area contributed by atoms with Crippen molar-refractivity contribution in [1.29, 1.82) is 0 Å². The third-order valence-corrected chi connectivity index (χ3v) is 6.84. The number of aryl methyl sites for hydroxylation is 1. The minimum absolute atomic E-state index is 0.0587. The third-order valence-electron chi connectivity index (χ3n) is 4.60. The number of fused-ring (bicyclic) bond motifs is 1. The standard InChI is InChI=1S/C21H19FN4O2S2/c1-14-5-4-7-17-20(14)25-19(12-24-30(27,28)16-9-10-29-13-16)26-21(17)23-11-15-6-2-3-8-18(15)22/h2-10,13,24H,11-12H2,1H3,(H,23,25,26). The highest BCUT2D eigenvalue weighted by Gasteiger charge is 2.16. The van der Waals surface area contributed by atoms with Crippen LogP contribution in [0.4, 0.5) is 10.2 Å². The molecule has 0 fully saturated rings. The topological polar surface area (TPSA) is 84.0 Å². The van der Waals surface area contributed by atoms with E-state index >= 15 is 0 Å². The van der Waals surface area contributed by atoms with Gasteiger partial charge in [0.25, 0.3) is 0 Å². The lowest BCUT2D eigenvalue weighted by molar-refractivity contribution is 0.579. The van der Waals surface area contributed by atoms with Gasteiger partial charge < -0.3 is 5.32 Å². The maximum atomic E-state index is 14.0. The molecule has 0 aliphatic heterocycles. The largest absolute Gasteiger partial charge is 0.365 e. The van der Waals surface area contributed by atoms with Crippen LogP contribution in [0.3, 0.4) is 0 Å². The molecule has 154 valence electrons. The van der Waals surface area contributed by atoms with Crippen LogP contribution in [0.5, 0.6) is 0 Å². The molecule has 0 atom stereocenters. The molecule has 2 heterocycles. The Bertz CT molecular complexity index is 1290. The van der Waals surface area contributed by atoms with Crippen LogP contribution in [0, 0.1) is 12.7 Å². The Morgan fingerprint density at radius 3 is 2.63 bits per heavy atom. The number of nitrogens with one attached hydrogen (secondary N) is 2. The molecule has 0 radical (unpaired) electrons. The Labute approximate surface area is 177 Å². The van der Waals surface area contributed by atoms with Crippen LogP contribution < -0.4 is 10.0 Å². The van der Waals surface area contributed by atoms with E-state index in [-0.39, 0.29) is 23.8 Å². The molecule has 0 saturated heterocycles. The lowest BCUT2D eigenvalue weighted by Crippen LogP contribution is -2.24. The van der Waals surface area contributed by atoms with Crippen LogP contribution in [0.15, 0.2) is 64.2 Å². The second-order valence-corrected chi connectivity index (χ2v) is 9.24. The first-order valence-electron chi connectivity index (χ1n) is 9.19. The zero-order chi connectivity index (χ0) is 21.1. The molecular weight excluding hydrogens is 423 g/mol. The predicted octanol–water partition coefficient (Wildman–Crippen LogP) is 4.23. The molecular formula is C21H19FN4O2S2. The van der Waals surface area contributed by atoms with Crippen molar-refractivity contribution in [1.82, 2.24) is 14.7 Å². The molecule has 4 rings (SSSR count). The number of hydrogen-bond acceptors (Lipinski definition) is 6.